The summed E-state index contributed by atoms with van der Waals surface area (Å²) < 4.78 is 34.1. The van der Waals surface area contributed by atoms with Crippen molar-refractivity contribution in [2.75, 3.05) is 0 Å². The molecule has 0 aromatic rings. The molecule has 0 amide bonds. The van der Waals surface area contributed by atoms with E-state index in [9.17, 15) is 0 Å². The predicted molar refractivity (Wildman–Crippen MR) is 31.5 cm³/mol. The van der Waals surface area contributed by atoms with Crippen molar-refractivity contribution in [3.63, 3.8) is 0 Å². The van der Waals surface area contributed by atoms with Gasteiger partial charge in [-0.3, -0.25) is 0 Å². The first-order valence-electron chi connectivity index (χ1n) is 2.45. The molecule has 17 heteroatoms. The number of rotatable bonds is 0. The van der Waals surface area contributed by atoms with Gasteiger partial charge >= 0.3 is 37.7 Å². The first-order chi connectivity index (χ1) is 6.93. The van der Waals surface area contributed by atoms with E-state index in [0.717, 1.165) is 0 Å². The van der Waals surface area contributed by atoms with Gasteiger partial charge in [-0.25, -0.2) is 0 Å². The minimum absolute atomic E-state index is 0. The van der Waals surface area contributed by atoms with Crippen LogP contribution in [-0.4, -0.2) is 74.4 Å². The van der Waals surface area contributed by atoms with Gasteiger partial charge < -0.3 is 56.2 Å². The Morgan fingerprint density at radius 1 is 0.412 bits per heavy atom. The van der Waals surface area contributed by atoms with E-state index in [1.807, 2.05) is 0 Å². The van der Waals surface area contributed by atoms with Crippen LogP contribution in [0.15, 0.2) is 0 Å². The van der Waals surface area contributed by atoms with Crippen molar-refractivity contribution >= 4 is 74.4 Å². The van der Waals surface area contributed by atoms with Crippen LogP contribution in [0.25, 0.3) is 0 Å². The monoisotopic (exact) mass is 344 g/mol. The first kappa shape index (κ1) is 30.1. The van der Waals surface area contributed by atoms with Gasteiger partial charge in [0.15, 0.2) is 0 Å². The summed E-state index contributed by atoms with van der Waals surface area (Å²) in [6.45, 7) is 0. The first-order valence-corrected chi connectivity index (χ1v) is 7.35. The summed E-state index contributed by atoms with van der Waals surface area (Å²) in [5, 5.41) is 0. The van der Waals surface area contributed by atoms with Crippen LogP contribution >= 0.6 is 0 Å². The van der Waals surface area contributed by atoms with Gasteiger partial charge in [0.2, 0.25) is 0 Å². The third-order valence-corrected chi connectivity index (χ3v) is 0. The maximum absolute atomic E-state index is 8.52. The van der Waals surface area contributed by atoms with Crippen LogP contribution in [0.4, 0.5) is 0 Å². The molecule has 0 rings (SSSR count). The molecule has 0 aromatic carbocycles. The van der Waals surface area contributed by atoms with E-state index < -0.39 is 36.7 Å². The molecule has 0 radical (unpaired) electrons. The van der Waals surface area contributed by atoms with Gasteiger partial charge in [-0.1, -0.05) is 0 Å². The van der Waals surface area contributed by atoms with Crippen LogP contribution in [0, 0.1) is 0 Å². The molecule has 0 aliphatic rings. The van der Waals surface area contributed by atoms with E-state index in [1.165, 1.54) is 0 Å². The van der Waals surface area contributed by atoms with Crippen LogP contribution in [-0.2, 0) is 17.8 Å². The minimum atomic E-state index is -3.63. The van der Waals surface area contributed by atoms with Crippen molar-refractivity contribution in [2.45, 2.75) is 0 Å². The summed E-state index contributed by atoms with van der Waals surface area (Å²) in [5.74, 6) is 0. The Kier molecular flexibility index (Phi) is 43.9. The van der Waals surface area contributed by atoms with Crippen LogP contribution < -0.4 is 38.4 Å². The molecular weight excluding hydrogens is 344 g/mol. The fraction of sp³-hybridized carbons (Fsp3) is 0. The molecule has 0 spiro atoms. The van der Waals surface area contributed by atoms with E-state index in [0.29, 0.717) is 0 Å². The van der Waals surface area contributed by atoms with Gasteiger partial charge in [0, 0.05) is 36.7 Å². The maximum atomic E-state index is 8.52. The van der Waals surface area contributed by atoms with E-state index in [2.05, 4.69) is 0 Å². The zero-order valence-electron chi connectivity index (χ0n) is 7.61. The Morgan fingerprint density at radius 2 is 0.412 bits per heavy atom. The van der Waals surface area contributed by atoms with Gasteiger partial charge in [0.1, 0.15) is 0 Å². The maximum Gasteiger partial charge on any atom is 2.00 e. The average molecular weight is 344 g/mol. The Morgan fingerprint density at radius 3 is 0.412 bits per heavy atom. The molecule has 96 valence electrons. The molecule has 0 aliphatic carbocycles. The fourth-order valence-corrected chi connectivity index (χ4v) is 0. The molecular formula is CaO12Si4-6. The van der Waals surface area contributed by atoms with Crippen LogP contribution in [0.3, 0.4) is 0 Å². The Hall–Kier alpha value is -0.273. The van der Waals surface area contributed by atoms with Gasteiger partial charge in [-0.2, -0.15) is 0 Å². The summed E-state index contributed by atoms with van der Waals surface area (Å²) in [6, 6.07) is 0. The molecule has 0 atom stereocenters. The van der Waals surface area contributed by atoms with E-state index in [1.54, 1.807) is 0 Å². The predicted octanol–water partition coefficient (Wildman–Crippen LogP) is -11.9. The van der Waals surface area contributed by atoms with Gasteiger partial charge in [-0.15, -0.1) is 0 Å². The Balaban J connectivity index is -0.0000000369. The summed E-state index contributed by atoms with van der Waals surface area (Å²) in [7, 11) is -14.5. The third-order valence-electron chi connectivity index (χ3n) is 0. The van der Waals surface area contributed by atoms with Gasteiger partial charge in [0.05, 0.1) is 0 Å². The van der Waals surface area contributed by atoms with Crippen molar-refractivity contribution in [3.8, 4) is 0 Å². The largest absolute Gasteiger partial charge is 2.00 e. The van der Waals surface area contributed by atoms with Crippen molar-refractivity contribution in [2.24, 2.45) is 0 Å². The quantitative estimate of drug-likeness (QED) is 0.371. The van der Waals surface area contributed by atoms with Crippen molar-refractivity contribution < 1.29 is 56.2 Å². The summed E-state index contributed by atoms with van der Waals surface area (Å²) >= 11 is 0. The van der Waals surface area contributed by atoms with Crippen molar-refractivity contribution in [1.29, 1.82) is 0 Å². The van der Waals surface area contributed by atoms with Gasteiger partial charge in [0.25, 0.3) is 0 Å². The van der Waals surface area contributed by atoms with Crippen LogP contribution in [0.2, 0.25) is 0 Å². The normalized spacial score (nSPS) is 5.65. The summed E-state index contributed by atoms with van der Waals surface area (Å²) in [6.07, 6.45) is 0. The van der Waals surface area contributed by atoms with Gasteiger partial charge in [-0.05, 0) is 0 Å². The van der Waals surface area contributed by atoms with Crippen LogP contribution in [0.1, 0.15) is 0 Å². The van der Waals surface area contributed by atoms with E-state index in [4.69, 9.17) is 56.2 Å². The Bertz CT molecular complexity index is 159. The number of hydrogen-bond donors (Lipinski definition) is 0. The summed E-state index contributed by atoms with van der Waals surface area (Å²) in [5.41, 5.74) is 0. The molecule has 0 unspecified atom stereocenters. The second kappa shape index (κ2) is 24.8. The molecule has 0 fully saturated rings. The molecule has 0 saturated carbocycles. The van der Waals surface area contributed by atoms with Crippen molar-refractivity contribution in [1.82, 2.24) is 0 Å². The molecule has 0 aliphatic heterocycles. The zero-order valence-corrected chi connectivity index (χ0v) is 13.8. The smallest absolute Gasteiger partial charge is 0.672 e. The molecule has 17 heavy (non-hydrogen) atoms. The zero-order chi connectivity index (χ0) is 14.3. The third kappa shape index (κ3) is 39800. The molecule has 0 N–H and O–H groups in total. The molecule has 12 nitrogen and oxygen atoms in total. The second-order valence-electron chi connectivity index (χ2n) is 1.00. The van der Waals surface area contributed by atoms with Crippen molar-refractivity contribution in [3.05, 3.63) is 0 Å². The fourth-order valence-electron chi connectivity index (χ4n) is 0. The molecule has 0 bridgehead atoms. The number of hydrogen-bond acceptors (Lipinski definition) is 12. The minimum Gasteiger partial charge on any atom is -0.672 e. The molecule has 0 heterocycles. The van der Waals surface area contributed by atoms with Crippen LogP contribution in [0.5, 0.6) is 0 Å². The summed E-state index contributed by atoms with van der Waals surface area (Å²) in [4.78, 5) is 68.1. The van der Waals surface area contributed by atoms with E-state index in [-0.39, 0.29) is 37.7 Å². The Labute approximate surface area is 130 Å². The molecule has 0 saturated heterocycles. The topological polar surface area (TPSA) is 253 Å². The van der Waals surface area contributed by atoms with E-state index >= 15 is 0 Å². The second-order valence-corrected chi connectivity index (χ2v) is 3.00. The molecule has 0 aromatic heterocycles. The SMILES string of the molecule is O=[Si]([O-])[O-].O=[Si]([O-])[O-].O=[Si]([O-])[O-].O=[Si]([O-])[O-].[Ca+2]. The standard InChI is InChI=1S/Ca.4O3Si/c;4*1-4(2)3/q+2;4*-2. The average Bonchev–Trinajstić information content (AvgIpc) is 1.76.